The Morgan fingerprint density at radius 2 is 2.12 bits per heavy atom. The average Bonchev–Trinajstić information content (AvgIpc) is 2.91. The molecule has 1 heterocycles. The van der Waals surface area contributed by atoms with Crippen LogP contribution in [0.3, 0.4) is 0 Å². The minimum absolute atomic E-state index is 0.266. The maximum absolute atomic E-state index is 9.09. The van der Waals surface area contributed by atoms with E-state index in [9.17, 15) is 0 Å². The van der Waals surface area contributed by atoms with Crippen LogP contribution in [0.15, 0.2) is 5.16 Å². The van der Waals surface area contributed by atoms with Gasteiger partial charge in [-0.15, -0.1) is 0 Å². The van der Waals surface area contributed by atoms with Crippen LogP contribution in [0.25, 0.3) is 0 Å². The summed E-state index contributed by atoms with van der Waals surface area (Å²) in [5.41, 5.74) is 4.49. The summed E-state index contributed by atoms with van der Waals surface area (Å²) in [5, 5.41) is 14.8. The van der Waals surface area contributed by atoms with Crippen LogP contribution in [0, 0.1) is 11.8 Å². The predicted molar refractivity (Wildman–Crippen MR) is 59.4 cm³/mol. The van der Waals surface area contributed by atoms with Crippen molar-refractivity contribution in [3.63, 3.8) is 0 Å². The summed E-state index contributed by atoms with van der Waals surface area (Å²) in [4.78, 5) is 0. The van der Waals surface area contributed by atoms with E-state index in [-0.39, 0.29) is 6.04 Å². The van der Waals surface area contributed by atoms with Crippen molar-refractivity contribution in [2.75, 3.05) is 26.3 Å². The van der Waals surface area contributed by atoms with Gasteiger partial charge >= 0.3 is 0 Å². The van der Waals surface area contributed by atoms with E-state index in [0.29, 0.717) is 11.8 Å². The van der Waals surface area contributed by atoms with Gasteiger partial charge in [-0.2, -0.15) is 0 Å². The fraction of sp³-hybridized carbons (Fsp3) is 0.909. The number of hydrogen-bond donors (Lipinski definition) is 2. The molecule has 2 aliphatic carbocycles. The Kier molecular flexibility index (Phi) is 2.83. The molecule has 16 heavy (non-hydrogen) atoms. The normalized spacial score (nSPS) is 42.0. The molecule has 3 fully saturated rings. The summed E-state index contributed by atoms with van der Waals surface area (Å²) in [6, 6.07) is 0.266. The zero-order valence-electron chi connectivity index (χ0n) is 9.43. The molecule has 0 aromatic heterocycles. The molecular weight excluding hydrogens is 206 g/mol. The molecule has 3 aliphatic rings. The molecule has 0 aromatic rings. The predicted octanol–water partition coefficient (Wildman–Crippen LogP) is 0.452. The number of fused-ring (bicyclic) bond motifs is 2. The van der Waals surface area contributed by atoms with Crippen molar-refractivity contribution >= 4 is 5.71 Å². The standard InChI is InChI=1S/C11H19N3O2/c15-13-11-9-2-1-8(7-9)10(11)12-14-3-5-16-6-4-14/h8-10,12,15H,1-7H2/b13-11-. The van der Waals surface area contributed by atoms with E-state index in [1.807, 2.05) is 0 Å². The lowest BCUT2D eigenvalue weighted by atomic mass is 9.94. The largest absolute Gasteiger partial charge is 0.411 e. The van der Waals surface area contributed by atoms with Gasteiger partial charge in [-0.25, -0.2) is 10.4 Å². The first-order chi connectivity index (χ1) is 7.88. The Morgan fingerprint density at radius 1 is 1.31 bits per heavy atom. The Labute approximate surface area is 95.4 Å². The first kappa shape index (κ1) is 10.5. The van der Waals surface area contributed by atoms with Gasteiger partial charge in [-0.1, -0.05) is 5.16 Å². The summed E-state index contributed by atoms with van der Waals surface area (Å²) in [6.07, 6.45) is 3.67. The lowest BCUT2D eigenvalue weighted by Crippen LogP contribution is -2.54. The van der Waals surface area contributed by atoms with Crippen LogP contribution >= 0.6 is 0 Å². The zero-order valence-corrected chi connectivity index (χ0v) is 9.43. The van der Waals surface area contributed by atoms with E-state index in [1.54, 1.807) is 0 Å². The quantitative estimate of drug-likeness (QED) is 0.529. The van der Waals surface area contributed by atoms with Gasteiger partial charge in [-0.05, 0) is 25.2 Å². The molecule has 3 unspecified atom stereocenters. The van der Waals surface area contributed by atoms with Crippen LogP contribution in [-0.2, 0) is 4.74 Å². The molecule has 3 atom stereocenters. The molecule has 0 aromatic carbocycles. The van der Waals surface area contributed by atoms with Crippen LogP contribution in [0.5, 0.6) is 0 Å². The highest BCUT2D eigenvalue weighted by atomic mass is 16.5. The maximum atomic E-state index is 9.09. The molecule has 2 N–H and O–H groups in total. The number of morpholine rings is 1. The van der Waals surface area contributed by atoms with Gasteiger partial charge in [-0.3, -0.25) is 0 Å². The van der Waals surface area contributed by atoms with Crippen LogP contribution in [0.1, 0.15) is 19.3 Å². The van der Waals surface area contributed by atoms with Crippen molar-refractivity contribution in [3.05, 3.63) is 0 Å². The number of nitrogens with one attached hydrogen (secondary N) is 1. The van der Waals surface area contributed by atoms with Crippen LogP contribution in [0.4, 0.5) is 0 Å². The highest BCUT2D eigenvalue weighted by molar-refractivity contribution is 5.94. The third kappa shape index (κ3) is 1.73. The van der Waals surface area contributed by atoms with Crippen molar-refractivity contribution in [1.82, 2.24) is 10.4 Å². The van der Waals surface area contributed by atoms with Crippen molar-refractivity contribution in [1.29, 1.82) is 0 Å². The lowest BCUT2D eigenvalue weighted by molar-refractivity contribution is 0.00499. The van der Waals surface area contributed by atoms with E-state index in [2.05, 4.69) is 15.6 Å². The number of nitrogens with zero attached hydrogens (tertiary/aromatic N) is 2. The fourth-order valence-corrected chi connectivity index (χ4v) is 3.29. The first-order valence-corrected chi connectivity index (χ1v) is 6.19. The highest BCUT2D eigenvalue weighted by Gasteiger charge is 2.46. The second kappa shape index (κ2) is 4.31. The smallest absolute Gasteiger partial charge is 0.0787 e. The van der Waals surface area contributed by atoms with Crippen LogP contribution < -0.4 is 5.43 Å². The molecule has 0 spiro atoms. The van der Waals surface area contributed by atoms with Crippen molar-refractivity contribution < 1.29 is 9.94 Å². The second-order valence-electron chi connectivity index (χ2n) is 5.00. The lowest BCUT2D eigenvalue weighted by Gasteiger charge is -2.33. The molecule has 3 rings (SSSR count). The van der Waals surface area contributed by atoms with E-state index in [0.717, 1.165) is 32.0 Å². The summed E-state index contributed by atoms with van der Waals surface area (Å²) in [5.74, 6) is 1.19. The molecule has 1 saturated heterocycles. The Morgan fingerprint density at radius 3 is 2.88 bits per heavy atom. The molecule has 90 valence electrons. The number of rotatable bonds is 2. The molecule has 5 heteroatoms. The molecule has 0 amide bonds. The Balaban J connectivity index is 1.65. The van der Waals surface area contributed by atoms with E-state index >= 15 is 0 Å². The van der Waals surface area contributed by atoms with Gasteiger partial charge in [0, 0.05) is 19.0 Å². The van der Waals surface area contributed by atoms with Crippen LogP contribution in [0.2, 0.25) is 0 Å². The Bertz CT molecular complexity index is 289. The van der Waals surface area contributed by atoms with Crippen LogP contribution in [-0.4, -0.2) is 48.3 Å². The molecule has 1 aliphatic heterocycles. The number of oxime groups is 1. The monoisotopic (exact) mass is 225 g/mol. The number of ether oxygens (including phenoxy) is 1. The summed E-state index contributed by atoms with van der Waals surface area (Å²) >= 11 is 0. The van der Waals surface area contributed by atoms with Gasteiger partial charge in [0.1, 0.15) is 0 Å². The van der Waals surface area contributed by atoms with Gasteiger partial charge in [0.05, 0.1) is 25.0 Å². The molecule has 0 radical (unpaired) electrons. The third-order valence-electron chi connectivity index (χ3n) is 4.13. The summed E-state index contributed by atoms with van der Waals surface area (Å²) < 4.78 is 5.32. The van der Waals surface area contributed by atoms with Gasteiger partial charge in [0.2, 0.25) is 0 Å². The maximum Gasteiger partial charge on any atom is 0.0787 e. The van der Waals surface area contributed by atoms with Crippen molar-refractivity contribution in [2.24, 2.45) is 17.0 Å². The Hall–Kier alpha value is -0.650. The number of hydrazine groups is 1. The van der Waals surface area contributed by atoms with Crippen molar-refractivity contribution in [2.45, 2.75) is 25.3 Å². The van der Waals surface area contributed by atoms with Gasteiger partial charge < -0.3 is 9.94 Å². The van der Waals surface area contributed by atoms with Gasteiger partial charge in [0.15, 0.2) is 0 Å². The second-order valence-corrected chi connectivity index (χ2v) is 5.00. The molecule has 2 bridgehead atoms. The SMILES string of the molecule is O/N=C1/C2CCC(C2)C1NN1CCOCC1. The molecular formula is C11H19N3O2. The van der Waals surface area contributed by atoms with E-state index in [4.69, 9.17) is 9.94 Å². The zero-order chi connectivity index (χ0) is 11.0. The highest BCUT2D eigenvalue weighted by Crippen LogP contribution is 2.42. The minimum atomic E-state index is 0.266. The minimum Gasteiger partial charge on any atom is -0.411 e. The third-order valence-corrected chi connectivity index (χ3v) is 4.13. The molecule has 2 saturated carbocycles. The molecule has 5 nitrogen and oxygen atoms in total. The summed E-state index contributed by atoms with van der Waals surface area (Å²) in [6.45, 7) is 3.43. The number of hydrogen-bond acceptors (Lipinski definition) is 5. The van der Waals surface area contributed by atoms with E-state index in [1.165, 1.54) is 19.3 Å². The van der Waals surface area contributed by atoms with Gasteiger partial charge in [0.25, 0.3) is 0 Å². The fourth-order valence-electron chi connectivity index (χ4n) is 3.29. The topological polar surface area (TPSA) is 57.1 Å². The first-order valence-electron chi connectivity index (χ1n) is 6.19. The van der Waals surface area contributed by atoms with E-state index < -0.39 is 0 Å². The van der Waals surface area contributed by atoms with Crippen molar-refractivity contribution in [3.8, 4) is 0 Å². The summed E-state index contributed by atoms with van der Waals surface area (Å²) in [7, 11) is 0. The average molecular weight is 225 g/mol.